The number of benzene rings is 1. The summed E-state index contributed by atoms with van der Waals surface area (Å²) in [5, 5.41) is 0. The Morgan fingerprint density at radius 2 is 1.05 bits per heavy atom. The van der Waals surface area contributed by atoms with E-state index in [0.717, 1.165) is 0 Å². The molecular weight excluding hydrogens is 438 g/mol. The summed E-state index contributed by atoms with van der Waals surface area (Å²) in [6, 6.07) is 7.47. The number of halogens is 2. The van der Waals surface area contributed by atoms with Gasteiger partial charge >= 0.3 is 23.9 Å². The molecule has 0 bridgehead atoms. The maximum Gasteiger partial charge on any atom is 2.00 e. The predicted molar refractivity (Wildman–Crippen MR) is 96.2 cm³/mol. The third-order valence-electron chi connectivity index (χ3n) is 2.15. The minimum atomic E-state index is -0.856. The van der Waals surface area contributed by atoms with E-state index in [2.05, 4.69) is 83.9 Å². The van der Waals surface area contributed by atoms with E-state index in [9.17, 15) is 0 Å². The number of hydrogen-bond acceptors (Lipinski definition) is 0. The fourth-order valence-electron chi connectivity index (χ4n) is 2.41. The molecule has 0 heterocycles. The summed E-state index contributed by atoms with van der Waals surface area (Å²) in [4.78, 5) is 0. The molecule has 4 radical (unpaired) electrons. The van der Waals surface area contributed by atoms with Crippen LogP contribution in [-0.4, -0.2) is 40.1 Å². The average molecular weight is 468 g/mol. The molecular formula is C16H30Cl2Si2Sn. The predicted octanol–water partition coefficient (Wildman–Crippen LogP) is -1.02. The Kier molecular flexibility index (Phi) is 17.8. The molecule has 0 aliphatic carbocycles. The smallest absolute Gasteiger partial charge is 1.00 e. The van der Waals surface area contributed by atoms with Crippen molar-refractivity contribution in [3.63, 3.8) is 0 Å². The first-order valence-electron chi connectivity index (χ1n) is 6.73. The first-order chi connectivity index (χ1) is 7.89. The van der Waals surface area contributed by atoms with E-state index in [4.69, 9.17) is 0 Å². The van der Waals surface area contributed by atoms with E-state index in [1.54, 1.807) is 0 Å². The van der Waals surface area contributed by atoms with Crippen LogP contribution in [0.3, 0.4) is 0 Å². The van der Waals surface area contributed by atoms with Crippen LogP contribution in [0.5, 0.6) is 0 Å². The molecule has 21 heavy (non-hydrogen) atoms. The van der Waals surface area contributed by atoms with Crippen molar-refractivity contribution in [2.45, 2.75) is 60.1 Å². The van der Waals surface area contributed by atoms with Crippen LogP contribution in [-0.2, 0) is 0 Å². The van der Waals surface area contributed by atoms with Gasteiger partial charge in [-0.15, -0.1) is 0 Å². The van der Waals surface area contributed by atoms with Gasteiger partial charge in [0.2, 0.25) is 0 Å². The zero-order valence-electron chi connectivity index (χ0n) is 15.0. The molecule has 0 N–H and O–H groups in total. The normalized spacial score (nSPS) is 10.1. The van der Waals surface area contributed by atoms with Gasteiger partial charge in [-0.3, -0.25) is 0 Å². The first kappa shape index (κ1) is 30.0. The van der Waals surface area contributed by atoms with E-state index < -0.39 is 16.1 Å². The van der Waals surface area contributed by atoms with E-state index in [0.29, 0.717) is 0 Å². The van der Waals surface area contributed by atoms with Gasteiger partial charge in [0.05, 0.1) is 0 Å². The number of hydrogen-bond donors (Lipinski definition) is 0. The molecule has 0 unspecified atom stereocenters. The van der Waals surface area contributed by atoms with Gasteiger partial charge in [0.25, 0.3) is 0 Å². The van der Waals surface area contributed by atoms with Gasteiger partial charge < -0.3 is 24.8 Å². The maximum absolute atomic E-state index is 3.21. The SMILES string of the molecule is C[Si](C)(C)[CH][Si](C)(C)C.Cc1[c]c(C)cc(C)c1.[Cl-].[Cl-].[Sn+2]. The molecule has 0 aliphatic heterocycles. The topological polar surface area (TPSA) is 0 Å². The molecule has 0 aromatic heterocycles. The van der Waals surface area contributed by atoms with E-state index in [1.165, 1.54) is 16.7 Å². The Bertz CT molecular complexity index is 320. The summed E-state index contributed by atoms with van der Waals surface area (Å²) in [6.07, 6.45) is 0. The molecule has 0 fully saturated rings. The van der Waals surface area contributed by atoms with E-state index in [1.807, 2.05) is 0 Å². The summed E-state index contributed by atoms with van der Waals surface area (Å²) < 4.78 is 0. The second-order valence-electron chi connectivity index (χ2n) is 7.40. The van der Waals surface area contributed by atoms with Crippen LogP contribution in [0.1, 0.15) is 16.7 Å². The van der Waals surface area contributed by atoms with Crippen molar-refractivity contribution in [1.82, 2.24) is 0 Å². The molecule has 5 heteroatoms. The zero-order valence-corrected chi connectivity index (χ0v) is 21.4. The van der Waals surface area contributed by atoms with Crippen molar-refractivity contribution < 1.29 is 24.8 Å². The molecule has 0 atom stereocenters. The average Bonchev–Trinajstić information content (AvgIpc) is 1.92. The maximum atomic E-state index is 3.21. The third kappa shape index (κ3) is 21.0. The standard InChI is InChI=1S/C9H11.C7H19Si2.2ClH.Sn/c1-7-4-8(2)6-9(3)5-7;1-8(2,3)7-9(4,5)6;;;/h4-5H,1-3H3;7H,1-6H3;2*1H;/q;;;;+2/p-2. The molecule has 1 rings (SSSR count). The van der Waals surface area contributed by atoms with Gasteiger partial charge in [0.1, 0.15) is 0 Å². The van der Waals surface area contributed by atoms with Gasteiger partial charge in [0, 0.05) is 16.1 Å². The van der Waals surface area contributed by atoms with Gasteiger partial charge in [-0.25, -0.2) is 0 Å². The van der Waals surface area contributed by atoms with Crippen LogP contribution < -0.4 is 24.8 Å². The summed E-state index contributed by atoms with van der Waals surface area (Å²) in [6.45, 7) is 20.7. The van der Waals surface area contributed by atoms with Crippen molar-refractivity contribution >= 4 is 40.1 Å². The molecule has 1 aromatic carbocycles. The van der Waals surface area contributed by atoms with Crippen LogP contribution in [0, 0.1) is 32.5 Å². The van der Waals surface area contributed by atoms with Crippen LogP contribution >= 0.6 is 0 Å². The van der Waals surface area contributed by atoms with Crippen LogP contribution in [0.4, 0.5) is 0 Å². The van der Waals surface area contributed by atoms with Gasteiger partial charge in [-0.1, -0.05) is 62.6 Å². The number of aryl methyl sites for hydroxylation is 3. The number of rotatable bonds is 2. The fraction of sp³-hybridized carbons (Fsp3) is 0.562. The van der Waals surface area contributed by atoms with Gasteiger partial charge in [-0.05, 0) is 38.0 Å². The van der Waals surface area contributed by atoms with Crippen molar-refractivity contribution in [2.24, 2.45) is 0 Å². The monoisotopic (exact) mass is 468 g/mol. The third-order valence-corrected chi connectivity index (χ3v) is 9.08. The summed E-state index contributed by atoms with van der Waals surface area (Å²) in [5.41, 5.74) is 6.43. The van der Waals surface area contributed by atoms with Crippen molar-refractivity contribution in [2.75, 3.05) is 0 Å². The Labute approximate surface area is 164 Å². The van der Waals surface area contributed by atoms with Crippen LogP contribution in [0.25, 0.3) is 0 Å². The molecule has 0 aliphatic rings. The van der Waals surface area contributed by atoms with Crippen molar-refractivity contribution in [3.05, 3.63) is 40.6 Å². The molecule has 0 spiro atoms. The second-order valence-corrected chi connectivity index (χ2v) is 18.0. The van der Waals surface area contributed by atoms with Crippen molar-refractivity contribution in [3.8, 4) is 0 Å². The van der Waals surface area contributed by atoms with Gasteiger partial charge in [0.15, 0.2) is 0 Å². The van der Waals surface area contributed by atoms with Crippen LogP contribution in [0.2, 0.25) is 39.3 Å². The summed E-state index contributed by atoms with van der Waals surface area (Å²) >= 11 is 0. The molecule has 0 saturated heterocycles. The fourth-order valence-corrected chi connectivity index (χ4v) is 12.8. The van der Waals surface area contributed by atoms with E-state index >= 15 is 0 Å². The summed E-state index contributed by atoms with van der Waals surface area (Å²) in [7, 11) is -1.71. The van der Waals surface area contributed by atoms with Crippen molar-refractivity contribution in [1.29, 1.82) is 0 Å². The summed E-state index contributed by atoms with van der Waals surface area (Å²) in [5.74, 6) is 0. The minimum absolute atomic E-state index is 0. The minimum Gasteiger partial charge on any atom is -1.00 e. The Morgan fingerprint density at radius 3 is 1.19 bits per heavy atom. The molecule has 120 valence electrons. The molecule has 0 saturated carbocycles. The van der Waals surface area contributed by atoms with Crippen LogP contribution in [0.15, 0.2) is 12.1 Å². The Morgan fingerprint density at radius 1 is 0.762 bits per heavy atom. The first-order valence-corrected chi connectivity index (χ1v) is 13.9. The quantitative estimate of drug-likeness (QED) is 0.489. The zero-order chi connectivity index (χ0) is 14.6. The molecule has 0 nitrogen and oxygen atoms in total. The Balaban J connectivity index is -0.000000120. The largest absolute Gasteiger partial charge is 2.00 e. The Hall–Kier alpha value is 1.03. The second kappa shape index (κ2) is 12.5. The molecule has 0 amide bonds. The van der Waals surface area contributed by atoms with Gasteiger partial charge in [-0.2, -0.15) is 0 Å². The molecule has 1 aromatic rings. The van der Waals surface area contributed by atoms with E-state index in [-0.39, 0.29) is 48.7 Å².